The number of halogens is 3. The quantitative estimate of drug-likeness (QED) is 0.734. The number of carbonyl (C=O) groups excluding carboxylic acids is 1. The SMILES string of the molecule is CCn1ncc(Cl)c1C(=O)Nc1ncn(Cc2c(F)cccc2Cl)n1. The molecular weight excluding hydrogens is 370 g/mol. The second-order valence-electron chi connectivity index (χ2n) is 5.08. The first kappa shape index (κ1) is 17.4. The van der Waals surface area contributed by atoms with Gasteiger partial charge in [0.15, 0.2) is 0 Å². The Labute approximate surface area is 152 Å². The number of nitrogens with one attached hydrogen (secondary N) is 1. The van der Waals surface area contributed by atoms with Crippen molar-refractivity contribution in [1.29, 1.82) is 0 Å². The summed E-state index contributed by atoms with van der Waals surface area (Å²) in [6, 6.07) is 4.43. The fourth-order valence-electron chi connectivity index (χ4n) is 2.26. The minimum atomic E-state index is -0.481. The van der Waals surface area contributed by atoms with Crippen LogP contribution in [-0.2, 0) is 13.1 Å². The highest BCUT2D eigenvalue weighted by Gasteiger charge is 2.18. The highest BCUT2D eigenvalue weighted by molar-refractivity contribution is 6.34. The van der Waals surface area contributed by atoms with Crippen LogP contribution in [0.3, 0.4) is 0 Å². The van der Waals surface area contributed by atoms with Crippen molar-refractivity contribution in [2.45, 2.75) is 20.0 Å². The third kappa shape index (κ3) is 3.64. The van der Waals surface area contributed by atoms with Gasteiger partial charge in [-0.05, 0) is 19.1 Å². The van der Waals surface area contributed by atoms with Crippen molar-refractivity contribution in [2.75, 3.05) is 5.32 Å². The van der Waals surface area contributed by atoms with Crippen LogP contribution >= 0.6 is 23.2 Å². The predicted octanol–water partition coefficient (Wildman–Crippen LogP) is 3.24. The molecule has 0 unspecified atom stereocenters. The lowest BCUT2D eigenvalue weighted by Gasteiger charge is -2.06. The maximum Gasteiger partial charge on any atom is 0.277 e. The van der Waals surface area contributed by atoms with E-state index in [0.717, 1.165) is 0 Å². The topological polar surface area (TPSA) is 77.6 Å². The molecule has 2 aromatic heterocycles. The number of carbonyl (C=O) groups is 1. The molecule has 0 aliphatic carbocycles. The number of hydrogen-bond donors (Lipinski definition) is 1. The second-order valence-corrected chi connectivity index (χ2v) is 5.89. The molecule has 0 saturated heterocycles. The molecule has 0 aliphatic rings. The van der Waals surface area contributed by atoms with Gasteiger partial charge in [0.1, 0.15) is 17.8 Å². The molecule has 0 aliphatic heterocycles. The average Bonchev–Trinajstić information content (AvgIpc) is 3.17. The molecule has 130 valence electrons. The van der Waals surface area contributed by atoms with Crippen molar-refractivity contribution in [3.8, 4) is 0 Å². The Hall–Kier alpha value is -2.45. The number of amides is 1. The number of aryl methyl sites for hydroxylation is 1. The number of anilines is 1. The summed E-state index contributed by atoms with van der Waals surface area (Å²) in [5.41, 5.74) is 0.511. The average molecular weight is 383 g/mol. The van der Waals surface area contributed by atoms with Crippen LogP contribution in [0, 0.1) is 5.82 Å². The number of hydrogen-bond acceptors (Lipinski definition) is 4. The lowest BCUT2D eigenvalue weighted by atomic mass is 10.2. The molecule has 0 bridgehead atoms. The molecule has 0 fully saturated rings. The second kappa shape index (κ2) is 7.20. The standard InChI is InChI=1S/C15H13Cl2FN6O/c1-2-24-13(11(17)6-20-24)14(25)21-15-19-8-23(22-15)7-9-10(16)4-3-5-12(9)18/h3-6,8H,2,7H2,1H3,(H,21,22,25). The number of aromatic nitrogens is 5. The highest BCUT2D eigenvalue weighted by atomic mass is 35.5. The molecule has 1 aromatic carbocycles. The Morgan fingerprint density at radius 1 is 1.32 bits per heavy atom. The molecule has 7 nitrogen and oxygen atoms in total. The van der Waals surface area contributed by atoms with Crippen molar-refractivity contribution in [3.63, 3.8) is 0 Å². The fraction of sp³-hybridized carbons (Fsp3) is 0.200. The molecule has 0 radical (unpaired) electrons. The summed E-state index contributed by atoms with van der Waals surface area (Å²) in [4.78, 5) is 16.3. The van der Waals surface area contributed by atoms with Gasteiger partial charge in [0.05, 0.1) is 17.8 Å². The minimum Gasteiger partial charge on any atom is -0.288 e. The summed E-state index contributed by atoms with van der Waals surface area (Å²) in [6.07, 6.45) is 2.77. The summed E-state index contributed by atoms with van der Waals surface area (Å²) in [7, 11) is 0. The number of nitrogens with zero attached hydrogens (tertiary/aromatic N) is 5. The molecule has 0 atom stereocenters. The zero-order valence-electron chi connectivity index (χ0n) is 13.1. The van der Waals surface area contributed by atoms with E-state index in [2.05, 4.69) is 20.5 Å². The number of benzene rings is 1. The third-order valence-electron chi connectivity index (χ3n) is 3.45. The molecule has 2 heterocycles. The molecule has 1 N–H and O–H groups in total. The first-order valence-corrected chi connectivity index (χ1v) is 8.10. The van der Waals surface area contributed by atoms with E-state index in [1.54, 1.807) is 6.07 Å². The Kier molecular flexibility index (Phi) is 5.00. The van der Waals surface area contributed by atoms with Crippen molar-refractivity contribution in [3.05, 3.63) is 57.8 Å². The first-order chi connectivity index (χ1) is 12.0. The summed E-state index contributed by atoms with van der Waals surface area (Å²) in [6.45, 7) is 2.41. The van der Waals surface area contributed by atoms with Crippen LogP contribution in [0.2, 0.25) is 10.0 Å². The van der Waals surface area contributed by atoms with Gasteiger partial charge in [-0.15, -0.1) is 5.10 Å². The third-order valence-corrected chi connectivity index (χ3v) is 4.08. The molecule has 1 amide bonds. The summed E-state index contributed by atoms with van der Waals surface area (Å²) in [5, 5.41) is 11.2. The molecule has 10 heteroatoms. The molecule has 3 aromatic rings. The van der Waals surface area contributed by atoms with Gasteiger partial charge in [0.25, 0.3) is 5.91 Å². The van der Waals surface area contributed by atoms with Crippen LogP contribution in [0.25, 0.3) is 0 Å². The molecule has 3 rings (SSSR count). The Morgan fingerprint density at radius 3 is 2.84 bits per heavy atom. The van der Waals surface area contributed by atoms with Gasteiger partial charge in [-0.2, -0.15) is 5.10 Å². The van der Waals surface area contributed by atoms with E-state index in [9.17, 15) is 9.18 Å². The van der Waals surface area contributed by atoms with E-state index < -0.39 is 11.7 Å². The van der Waals surface area contributed by atoms with Crippen LogP contribution in [0.1, 0.15) is 23.0 Å². The van der Waals surface area contributed by atoms with Gasteiger partial charge in [-0.1, -0.05) is 29.3 Å². The van der Waals surface area contributed by atoms with E-state index in [1.165, 1.54) is 34.0 Å². The number of rotatable bonds is 5. The van der Waals surface area contributed by atoms with Crippen LogP contribution in [0.15, 0.2) is 30.7 Å². The van der Waals surface area contributed by atoms with Crippen LogP contribution in [-0.4, -0.2) is 30.5 Å². The van der Waals surface area contributed by atoms with Crippen molar-refractivity contribution >= 4 is 35.1 Å². The van der Waals surface area contributed by atoms with Gasteiger partial charge in [0.2, 0.25) is 5.95 Å². The molecular formula is C15H13Cl2FN6O. The maximum atomic E-state index is 13.8. The Balaban J connectivity index is 1.76. The van der Waals surface area contributed by atoms with Crippen LogP contribution in [0.4, 0.5) is 10.3 Å². The largest absolute Gasteiger partial charge is 0.288 e. The summed E-state index contributed by atoms with van der Waals surface area (Å²) < 4.78 is 16.7. The van der Waals surface area contributed by atoms with Crippen LogP contribution in [0.5, 0.6) is 0 Å². The lowest BCUT2D eigenvalue weighted by Crippen LogP contribution is -2.18. The molecule has 0 saturated carbocycles. The zero-order valence-corrected chi connectivity index (χ0v) is 14.6. The van der Waals surface area contributed by atoms with Gasteiger partial charge >= 0.3 is 0 Å². The van der Waals surface area contributed by atoms with Gasteiger partial charge in [-0.3, -0.25) is 14.8 Å². The minimum absolute atomic E-state index is 0.0670. The zero-order chi connectivity index (χ0) is 18.0. The normalized spacial score (nSPS) is 10.9. The maximum absolute atomic E-state index is 13.8. The summed E-state index contributed by atoms with van der Waals surface area (Å²) in [5.74, 6) is -0.851. The van der Waals surface area contributed by atoms with E-state index in [4.69, 9.17) is 23.2 Å². The van der Waals surface area contributed by atoms with E-state index >= 15 is 0 Å². The van der Waals surface area contributed by atoms with E-state index in [-0.39, 0.29) is 23.2 Å². The van der Waals surface area contributed by atoms with Gasteiger partial charge < -0.3 is 0 Å². The van der Waals surface area contributed by atoms with Crippen molar-refractivity contribution < 1.29 is 9.18 Å². The highest BCUT2D eigenvalue weighted by Crippen LogP contribution is 2.20. The Bertz CT molecular complexity index is 902. The predicted molar refractivity (Wildman–Crippen MR) is 91.4 cm³/mol. The van der Waals surface area contributed by atoms with E-state index in [1.807, 2.05) is 6.92 Å². The smallest absolute Gasteiger partial charge is 0.277 e. The molecule has 0 spiro atoms. The molecule has 25 heavy (non-hydrogen) atoms. The van der Waals surface area contributed by atoms with Gasteiger partial charge in [0, 0.05) is 17.1 Å². The summed E-state index contributed by atoms with van der Waals surface area (Å²) >= 11 is 12.0. The van der Waals surface area contributed by atoms with Crippen molar-refractivity contribution in [2.24, 2.45) is 0 Å². The first-order valence-electron chi connectivity index (χ1n) is 7.34. The van der Waals surface area contributed by atoms with Gasteiger partial charge in [-0.25, -0.2) is 14.1 Å². The Morgan fingerprint density at radius 2 is 2.12 bits per heavy atom. The van der Waals surface area contributed by atoms with Crippen molar-refractivity contribution in [1.82, 2.24) is 24.5 Å². The monoisotopic (exact) mass is 382 g/mol. The fourth-order valence-corrected chi connectivity index (χ4v) is 2.71. The van der Waals surface area contributed by atoms with E-state index in [0.29, 0.717) is 17.1 Å². The lowest BCUT2D eigenvalue weighted by molar-refractivity contribution is 0.101. The van der Waals surface area contributed by atoms with Crippen LogP contribution < -0.4 is 5.32 Å².